The molecule has 5 heteroatoms. The van der Waals surface area contributed by atoms with Crippen molar-refractivity contribution < 1.29 is 4.79 Å². The van der Waals surface area contributed by atoms with E-state index in [1.54, 1.807) is 6.20 Å². The van der Waals surface area contributed by atoms with E-state index in [0.29, 0.717) is 19.5 Å². The third kappa shape index (κ3) is 4.93. The van der Waals surface area contributed by atoms with Gasteiger partial charge in [-0.15, -0.1) is 0 Å². The van der Waals surface area contributed by atoms with Crippen LogP contribution in [0.3, 0.4) is 0 Å². The van der Waals surface area contributed by atoms with Crippen LogP contribution >= 0.6 is 0 Å². The third-order valence-electron chi connectivity index (χ3n) is 2.29. The van der Waals surface area contributed by atoms with Gasteiger partial charge in [0.2, 0.25) is 5.91 Å². The molecule has 1 aromatic rings. The average molecular weight is 224 g/mol. The summed E-state index contributed by atoms with van der Waals surface area (Å²) < 4.78 is 1.81. The van der Waals surface area contributed by atoms with Gasteiger partial charge in [0, 0.05) is 24.9 Å². The Morgan fingerprint density at radius 1 is 1.56 bits per heavy atom. The lowest BCUT2D eigenvalue weighted by Crippen LogP contribution is -2.35. The number of carbonyl (C=O) groups is 1. The predicted molar refractivity (Wildman–Crippen MR) is 62.7 cm³/mol. The SMILES string of the molecule is CC(Cn1cccn1)NC(=O)CCCCN. The van der Waals surface area contributed by atoms with Crippen LogP contribution in [0.5, 0.6) is 0 Å². The minimum atomic E-state index is 0.0908. The van der Waals surface area contributed by atoms with Gasteiger partial charge in [0.1, 0.15) is 0 Å². The van der Waals surface area contributed by atoms with Crippen LogP contribution in [0.25, 0.3) is 0 Å². The minimum absolute atomic E-state index is 0.0908. The lowest BCUT2D eigenvalue weighted by atomic mass is 10.2. The van der Waals surface area contributed by atoms with Crippen LogP contribution in [0.4, 0.5) is 0 Å². The van der Waals surface area contributed by atoms with Crippen LogP contribution in [0.2, 0.25) is 0 Å². The molecule has 1 heterocycles. The maximum absolute atomic E-state index is 11.5. The van der Waals surface area contributed by atoms with E-state index in [9.17, 15) is 4.79 Å². The largest absolute Gasteiger partial charge is 0.352 e. The lowest BCUT2D eigenvalue weighted by Gasteiger charge is -2.13. The van der Waals surface area contributed by atoms with Gasteiger partial charge in [0.25, 0.3) is 0 Å². The van der Waals surface area contributed by atoms with Crippen LogP contribution in [0.15, 0.2) is 18.5 Å². The first-order chi connectivity index (χ1) is 7.72. The second-order valence-electron chi connectivity index (χ2n) is 3.94. The fraction of sp³-hybridized carbons (Fsp3) is 0.636. The summed E-state index contributed by atoms with van der Waals surface area (Å²) >= 11 is 0. The van der Waals surface area contributed by atoms with Crippen molar-refractivity contribution in [1.82, 2.24) is 15.1 Å². The number of unbranched alkanes of at least 4 members (excludes halogenated alkanes) is 1. The number of nitrogens with zero attached hydrogens (tertiary/aromatic N) is 2. The Morgan fingerprint density at radius 2 is 2.38 bits per heavy atom. The molecule has 1 unspecified atom stereocenters. The monoisotopic (exact) mass is 224 g/mol. The van der Waals surface area contributed by atoms with E-state index in [1.165, 1.54) is 0 Å². The third-order valence-corrected chi connectivity index (χ3v) is 2.29. The number of aromatic nitrogens is 2. The van der Waals surface area contributed by atoms with Crippen LogP contribution in [0.1, 0.15) is 26.2 Å². The number of carbonyl (C=O) groups excluding carboxylic acids is 1. The fourth-order valence-corrected chi connectivity index (χ4v) is 1.51. The standard InChI is InChI=1S/C11H20N4O/c1-10(9-15-8-4-7-13-15)14-11(16)5-2-3-6-12/h4,7-8,10H,2-3,5-6,9,12H2,1H3,(H,14,16). The summed E-state index contributed by atoms with van der Waals surface area (Å²) in [6.45, 7) is 3.33. The molecule has 1 aromatic heterocycles. The predicted octanol–water partition coefficient (Wildman–Crippen LogP) is 0.517. The number of amides is 1. The second-order valence-corrected chi connectivity index (χ2v) is 3.94. The zero-order valence-corrected chi connectivity index (χ0v) is 9.72. The fourth-order valence-electron chi connectivity index (χ4n) is 1.51. The summed E-state index contributed by atoms with van der Waals surface area (Å²) in [7, 11) is 0. The van der Waals surface area contributed by atoms with E-state index in [0.717, 1.165) is 12.8 Å². The molecule has 1 atom stereocenters. The molecule has 0 saturated carbocycles. The van der Waals surface area contributed by atoms with E-state index in [1.807, 2.05) is 23.9 Å². The van der Waals surface area contributed by atoms with Gasteiger partial charge in [-0.05, 0) is 32.4 Å². The highest BCUT2D eigenvalue weighted by molar-refractivity contribution is 5.76. The van der Waals surface area contributed by atoms with Gasteiger partial charge in [0.05, 0.1) is 6.54 Å². The quantitative estimate of drug-likeness (QED) is 0.663. The molecule has 1 rings (SSSR count). The molecule has 0 spiro atoms. The second kappa shape index (κ2) is 7.00. The van der Waals surface area contributed by atoms with Crippen LogP contribution in [-0.4, -0.2) is 28.3 Å². The van der Waals surface area contributed by atoms with Crippen molar-refractivity contribution in [3.63, 3.8) is 0 Å². The summed E-state index contributed by atoms with van der Waals surface area (Å²) in [5.74, 6) is 0.0908. The molecule has 0 saturated heterocycles. The van der Waals surface area contributed by atoms with Gasteiger partial charge in [-0.3, -0.25) is 9.48 Å². The van der Waals surface area contributed by atoms with E-state index < -0.39 is 0 Å². The minimum Gasteiger partial charge on any atom is -0.352 e. The Labute approximate surface area is 96.0 Å². The Kier molecular flexibility index (Phi) is 5.56. The first-order valence-electron chi connectivity index (χ1n) is 5.69. The summed E-state index contributed by atoms with van der Waals surface area (Å²) in [4.78, 5) is 11.5. The summed E-state index contributed by atoms with van der Waals surface area (Å²) in [5, 5.41) is 7.02. The molecule has 5 nitrogen and oxygen atoms in total. The van der Waals surface area contributed by atoms with E-state index in [4.69, 9.17) is 5.73 Å². The first-order valence-corrected chi connectivity index (χ1v) is 5.69. The Balaban J connectivity index is 2.18. The molecule has 0 aliphatic carbocycles. The molecule has 0 fully saturated rings. The Hall–Kier alpha value is -1.36. The van der Waals surface area contributed by atoms with Gasteiger partial charge in [-0.2, -0.15) is 5.10 Å². The molecule has 0 radical (unpaired) electrons. The number of hydrogen-bond acceptors (Lipinski definition) is 3. The number of nitrogens with two attached hydrogens (primary N) is 1. The first kappa shape index (κ1) is 12.7. The zero-order valence-electron chi connectivity index (χ0n) is 9.72. The molecular weight excluding hydrogens is 204 g/mol. The van der Waals surface area contributed by atoms with Gasteiger partial charge in [-0.25, -0.2) is 0 Å². The highest BCUT2D eigenvalue weighted by Gasteiger charge is 2.07. The van der Waals surface area contributed by atoms with Gasteiger partial charge < -0.3 is 11.1 Å². The van der Waals surface area contributed by atoms with Crippen molar-refractivity contribution in [3.05, 3.63) is 18.5 Å². The molecular formula is C11H20N4O. The van der Waals surface area contributed by atoms with Crippen molar-refractivity contribution in [2.75, 3.05) is 6.54 Å². The summed E-state index contributed by atoms with van der Waals surface area (Å²) in [6, 6.07) is 1.97. The smallest absolute Gasteiger partial charge is 0.220 e. The molecule has 0 aliphatic heterocycles. The van der Waals surface area contributed by atoms with E-state index >= 15 is 0 Å². The molecule has 3 N–H and O–H groups in total. The van der Waals surface area contributed by atoms with Crippen LogP contribution in [-0.2, 0) is 11.3 Å². The molecule has 0 aliphatic rings. The van der Waals surface area contributed by atoms with Crippen molar-refractivity contribution in [2.24, 2.45) is 5.73 Å². The van der Waals surface area contributed by atoms with Crippen molar-refractivity contribution >= 4 is 5.91 Å². The molecule has 16 heavy (non-hydrogen) atoms. The van der Waals surface area contributed by atoms with E-state index in [-0.39, 0.29) is 11.9 Å². The average Bonchev–Trinajstić information content (AvgIpc) is 2.70. The zero-order chi connectivity index (χ0) is 11.8. The molecule has 1 amide bonds. The number of hydrogen-bond donors (Lipinski definition) is 2. The van der Waals surface area contributed by atoms with Crippen molar-refractivity contribution in [1.29, 1.82) is 0 Å². The lowest BCUT2D eigenvalue weighted by molar-refractivity contribution is -0.121. The maximum Gasteiger partial charge on any atom is 0.220 e. The normalized spacial score (nSPS) is 12.4. The highest BCUT2D eigenvalue weighted by atomic mass is 16.1. The Morgan fingerprint density at radius 3 is 3.00 bits per heavy atom. The number of rotatable bonds is 7. The topological polar surface area (TPSA) is 72.9 Å². The number of nitrogens with one attached hydrogen (secondary N) is 1. The van der Waals surface area contributed by atoms with E-state index in [2.05, 4.69) is 10.4 Å². The van der Waals surface area contributed by atoms with Gasteiger partial charge in [-0.1, -0.05) is 0 Å². The summed E-state index contributed by atoms with van der Waals surface area (Å²) in [6.07, 6.45) is 5.94. The Bertz CT molecular complexity index is 297. The van der Waals surface area contributed by atoms with Crippen LogP contribution < -0.4 is 11.1 Å². The molecule has 0 bridgehead atoms. The molecule has 90 valence electrons. The van der Waals surface area contributed by atoms with Crippen LogP contribution in [0, 0.1) is 0 Å². The molecule has 0 aromatic carbocycles. The maximum atomic E-state index is 11.5. The highest BCUT2D eigenvalue weighted by Crippen LogP contribution is 1.96. The van der Waals surface area contributed by atoms with Crippen molar-refractivity contribution in [3.8, 4) is 0 Å². The van der Waals surface area contributed by atoms with Gasteiger partial charge in [0.15, 0.2) is 0 Å². The summed E-state index contributed by atoms with van der Waals surface area (Å²) in [5.41, 5.74) is 5.36. The van der Waals surface area contributed by atoms with Crippen molar-refractivity contribution in [2.45, 2.75) is 38.8 Å². The van der Waals surface area contributed by atoms with Gasteiger partial charge >= 0.3 is 0 Å².